The third-order valence-electron chi connectivity index (χ3n) is 3.55. The molecule has 1 heterocycles. The molecule has 0 fully saturated rings. The van der Waals surface area contributed by atoms with Crippen molar-refractivity contribution in [3.8, 4) is 11.5 Å². The molecule has 1 aromatic carbocycles. The van der Waals surface area contributed by atoms with E-state index in [-0.39, 0.29) is 11.5 Å². The standard InChI is InChI=1S/C12H9ClF2O3/c1-11(10(13)16)3-2-6-4-8-9(5-7(6)11)18-12(14,15)17-8/h4-5H,2-3H2,1H3/t11-/m0/s1. The summed E-state index contributed by atoms with van der Waals surface area (Å²) in [7, 11) is 0. The third-order valence-corrected chi connectivity index (χ3v) is 3.97. The summed E-state index contributed by atoms with van der Waals surface area (Å²) in [5.74, 6) is -0.0465. The lowest BCUT2D eigenvalue weighted by Gasteiger charge is -2.20. The summed E-state index contributed by atoms with van der Waals surface area (Å²) < 4.78 is 34.6. The van der Waals surface area contributed by atoms with Gasteiger partial charge >= 0.3 is 6.29 Å². The Morgan fingerprint density at radius 1 is 1.33 bits per heavy atom. The highest BCUT2D eigenvalue weighted by Gasteiger charge is 2.47. The Morgan fingerprint density at radius 2 is 1.94 bits per heavy atom. The third kappa shape index (κ3) is 1.50. The van der Waals surface area contributed by atoms with Crippen LogP contribution >= 0.6 is 11.6 Å². The molecular formula is C12H9ClF2O3. The van der Waals surface area contributed by atoms with Gasteiger partial charge in [-0.2, -0.15) is 0 Å². The fourth-order valence-corrected chi connectivity index (χ4v) is 2.68. The second kappa shape index (κ2) is 3.35. The summed E-state index contributed by atoms with van der Waals surface area (Å²) in [5, 5.41) is -0.494. The molecule has 0 spiro atoms. The molecule has 0 saturated carbocycles. The van der Waals surface area contributed by atoms with Gasteiger partial charge in [-0.05, 0) is 54.6 Å². The Bertz CT molecular complexity index is 558. The molecule has 0 aromatic heterocycles. The molecule has 18 heavy (non-hydrogen) atoms. The Balaban J connectivity index is 2.11. The lowest BCUT2D eigenvalue weighted by atomic mass is 9.85. The molecule has 1 atom stereocenters. The van der Waals surface area contributed by atoms with Crippen LogP contribution in [-0.4, -0.2) is 11.5 Å². The molecule has 1 aliphatic carbocycles. The van der Waals surface area contributed by atoms with Gasteiger partial charge < -0.3 is 9.47 Å². The van der Waals surface area contributed by atoms with Crippen LogP contribution in [0.2, 0.25) is 0 Å². The molecule has 2 aliphatic rings. The molecule has 96 valence electrons. The molecule has 0 saturated heterocycles. The fourth-order valence-electron chi connectivity index (χ4n) is 2.48. The van der Waals surface area contributed by atoms with Gasteiger partial charge in [-0.25, -0.2) is 0 Å². The molecule has 3 rings (SSSR count). The van der Waals surface area contributed by atoms with Gasteiger partial charge in [0, 0.05) is 0 Å². The number of benzene rings is 1. The lowest BCUT2D eigenvalue weighted by Crippen LogP contribution is -2.26. The molecule has 6 heteroatoms. The number of carbonyl (C=O) groups is 1. The van der Waals surface area contributed by atoms with Gasteiger partial charge in [0.05, 0.1) is 5.41 Å². The molecule has 0 amide bonds. The van der Waals surface area contributed by atoms with Crippen LogP contribution in [0.15, 0.2) is 12.1 Å². The number of alkyl halides is 2. The second-order valence-corrected chi connectivity index (χ2v) is 5.07. The van der Waals surface area contributed by atoms with Crippen molar-refractivity contribution < 1.29 is 23.0 Å². The minimum Gasteiger partial charge on any atom is -0.395 e. The Hall–Kier alpha value is -1.36. The minimum absolute atomic E-state index is 0.00465. The van der Waals surface area contributed by atoms with E-state index >= 15 is 0 Å². The van der Waals surface area contributed by atoms with E-state index in [1.807, 2.05) is 0 Å². The number of halogens is 3. The van der Waals surface area contributed by atoms with E-state index in [2.05, 4.69) is 9.47 Å². The van der Waals surface area contributed by atoms with E-state index in [1.165, 1.54) is 12.1 Å². The van der Waals surface area contributed by atoms with Gasteiger partial charge in [-0.15, -0.1) is 8.78 Å². The van der Waals surface area contributed by atoms with Crippen molar-refractivity contribution in [3.05, 3.63) is 23.3 Å². The fraction of sp³-hybridized carbons (Fsp3) is 0.417. The molecule has 1 aliphatic heterocycles. The summed E-state index contributed by atoms with van der Waals surface area (Å²) in [6, 6.07) is 2.93. The van der Waals surface area contributed by atoms with Crippen molar-refractivity contribution in [2.24, 2.45) is 0 Å². The van der Waals surface area contributed by atoms with Gasteiger partial charge in [-0.1, -0.05) is 0 Å². The van der Waals surface area contributed by atoms with Crippen molar-refractivity contribution in [1.29, 1.82) is 0 Å². The zero-order valence-electron chi connectivity index (χ0n) is 9.43. The monoisotopic (exact) mass is 274 g/mol. The number of rotatable bonds is 1. The zero-order chi connectivity index (χ0) is 13.1. The Kier molecular flexibility index (Phi) is 2.18. The van der Waals surface area contributed by atoms with Gasteiger partial charge in [0.15, 0.2) is 11.5 Å². The first-order valence-electron chi connectivity index (χ1n) is 5.45. The van der Waals surface area contributed by atoms with Crippen LogP contribution in [0.3, 0.4) is 0 Å². The smallest absolute Gasteiger partial charge is 0.395 e. The summed E-state index contributed by atoms with van der Waals surface area (Å²) in [6.45, 7) is 1.70. The molecule has 3 nitrogen and oxygen atoms in total. The quantitative estimate of drug-likeness (QED) is 0.739. The van der Waals surface area contributed by atoms with Crippen molar-refractivity contribution in [3.63, 3.8) is 0 Å². The van der Waals surface area contributed by atoms with Crippen LogP contribution in [0.25, 0.3) is 0 Å². The van der Waals surface area contributed by atoms with Gasteiger partial charge in [0.2, 0.25) is 5.24 Å². The minimum atomic E-state index is -3.64. The lowest BCUT2D eigenvalue weighted by molar-refractivity contribution is -0.286. The number of hydrogen-bond acceptors (Lipinski definition) is 3. The summed E-state index contributed by atoms with van der Waals surface area (Å²) in [6.07, 6.45) is -2.48. The van der Waals surface area contributed by atoms with Crippen LogP contribution in [0.4, 0.5) is 8.78 Å². The van der Waals surface area contributed by atoms with E-state index in [0.717, 1.165) is 5.56 Å². The molecule has 1 aromatic rings. The first-order chi connectivity index (χ1) is 8.32. The van der Waals surface area contributed by atoms with Crippen LogP contribution < -0.4 is 9.47 Å². The maximum Gasteiger partial charge on any atom is 0.586 e. The highest BCUT2D eigenvalue weighted by molar-refractivity contribution is 6.65. The SMILES string of the molecule is C[C@]1(C(=O)Cl)CCc2cc3c(cc21)OC(F)(F)O3. The van der Waals surface area contributed by atoms with E-state index in [0.29, 0.717) is 18.4 Å². The summed E-state index contributed by atoms with van der Waals surface area (Å²) in [4.78, 5) is 11.5. The number of carbonyl (C=O) groups excluding carboxylic acids is 1. The zero-order valence-corrected chi connectivity index (χ0v) is 10.2. The molecule has 0 radical (unpaired) electrons. The largest absolute Gasteiger partial charge is 0.586 e. The van der Waals surface area contributed by atoms with Crippen LogP contribution in [-0.2, 0) is 16.6 Å². The van der Waals surface area contributed by atoms with Crippen molar-refractivity contribution in [1.82, 2.24) is 0 Å². The van der Waals surface area contributed by atoms with Crippen molar-refractivity contribution in [2.45, 2.75) is 31.5 Å². The van der Waals surface area contributed by atoms with E-state index < -0.39 is 17.0 Å². The van der Waals surface area contributed by atoms with E-state index in [1.54, 1.807) is 6.92 Å². The normalized spacial score (nSPS) is 27.1. The first-order valence-corrected chi connectivity index (χ1v) is 5.83. The molecule has 0 unspecified atom stereocenters. The Labute approximate surface area is 107 Å². The second-order valence-electron chi connectivity index (χ2n) is 4.73. The summed E-state index contributed by atoms with van der Waals surface area (Å²) >= 11 is 5.60. The maximum absolute atomic E-state index is 12.9. The van der Waals surface area contributed by atoms with Crippen LogP contribution in [0.1, 0.15) is 24.5 Å². The van der Waals surface area contributed by atoms with E-state index in [9.17, 15) is 13.6 Å². The van der Waals surface area contributed by atoms with Crippen LogP contribution in [0, 0.1) is 0 Å². The molecule has 0 bridgehead atoms. The van der Waals surface area contributed by atoms with Gasteiger partial charge in [-0.3, -0.25) is 4.79 Å². The Morgan fingerprint density at radius 3 is 2.56 bits per heavy atom. The number of ether oxygens (including phenoxy) is 2. The van der Waals surface area contributed by atoms with Crippen molar-refractivity contribution in [2.75, 3.05) is 0 Å². The number of hydrogen-bond donors (Lipinski definition) is 0. The molecular weight excluding hydrogens is 266 g/mol. The highest BCUT2D eigenvalue weighted by atomic mass is 35.5. The average molecular weight is 275 g/mol. The van der Waals surface area contributed by atoms with Gasteiger partial charge in [0.1, 0.15) is 0 Å². The van der Waals surface area contributed by atoms with Gasteiger partial charge in [0.25, 0.3) is 0 Å². The first kappa shape index (κ1) is 11.7. The highest BCUT2D eigenvalue weighted by Crippen LogP contribution is 2.49. The van der Waals surface area contributed by atoms with E-state index in [4.69, 9.17) is 11.6 Å². The maximum atomic E-state index is 12.9. The average Bonchev–Trinajstić information content (AvgIpc) is 2.72. The van der Waals surface area contributed by atoms with Crippen molar-refractivity contribution >= 4 is 16.8 Å². The van der Waals surface area contributed by atoms with Crippen LogP contribution in [0.5, 0.6) is 11.5 Å². The predicted molar refractivity (Wildman–Crippen MR) is 59.2 cm³/mol. The molecule has 0 N–H and O–H groups in total. The number of fused-ring (bicyclic) bond motifs is 2. The number of aryl methyl sites for hydroxylation is 1. The predicted octanol–water partition coefficient (Wildman–Crippen LogP) is 2.98. The summed E-state index contributed by atoms with van der Waals surface area (Å²) in [5.41, 5.74) is 0.599. The topological polar surface area (TPSA) is 35.5 Å².